The second-order valence-electron chi connectivity index (χ2n) is 4.17. The molecule has 15 heavy (non-hydrogen) atoms. The van der Waals surface area contributed by atoms with Gasteiger partial charge >= 0.3 is 0 Å². The Balaban J connectivity index is 1.95. The standard InChI is InChI=1S/C13H12FN/c14-11-4-1-9(2-5-11)12-6-3-10-7-15-8-13(10)12/h1-2,4-5,8,12H,3,6-7H2. The first-order valence-corrected chi connectivity index (χ1v) is 5.32. The summed E-state index contributed by atoms with van der Waals surface area (Å²) in [6.07, 6.45) is 4.30. The van der Waals surface area contributed by atoms with Gasteiger partial charge in [-0.3, -0.25) is 4.99 Å². The SMILES string of the molecule is Fc1ccc(C2CCC3=C2C=NC3)cc1. The van der Waals surface area contributed by atoms with Crippen LogP contribution in [0, 0.1) is 5.82 Å². The maximum Gasteiger partial charge on any atom is 0.123 e. The molecule has 0 amide bonds. The molecule has 2 heteroatoms. The molecule has 1 aromatic carbocycles. The summed E-state index contributed by atoms with van der Waals surface area (Å²) in [5.74, 6) is 0.290. The lowest BCUT2D eigenvalue weighted by Crippen LogP contribution is -1.98. The van der Waals surface area contributed by atoms with Gasteiger partial charge in [0.25, 0.3) is 0 Å². The van der Waals surface area contributed by atoms with Gasteiger partial charge in [0, 0.05) is 12.1 Å². The van der Waals surface area contributed by atoms with Gasteiger partial charge in [-0.25, -0.2) is 4.39 Å². The van der Waals surface area contributed by atoms with Gasteiger partial charge in [-0.1, -0.05) is 12.1 Å². The summed E-state index contributed by atoms with van der Waals surface area (Å²) < 4.78 is 12.8. The average Bonchev–Trinajstić information content (AvgIpc) is 2.80. The van der Waals surface area contributed by atoms with Crippen LogP contribution in [0.25, 0.3) is 0 Å². The Bertz CT molecular complexity index is 442. The monoisotopic (exact) mass is 201 g/mol. The van der Waals surface area contributed by atoms with Crippen molar-refractivity contribution in [2.75, 3.05) is 6.54 Å². The molecule has 1 unspecified atom stereocenters. The Morgan fingerprint density at radius 3 is 2.80 bits per heavy atom. The van der Waals surface area contributed by atoms with E-state index in [-0.39, 0.29) is 5.82 Å². The first kappa shape index (κ1) is 8.84. The molecule has 2 aliphatic rings. The zero-order valence-electron chi connectivity index (χ0n) is 8.41. The van der Waals surface area contributed by atoms with Crippen molar-refractivity contribution in [2.45, 2.75) is 18.8 Å². The molecule has 0 saturated heterocycles. The van der Waals surface area contributed by atoms with Crippen molar-refractivity contribution < 1.29 is 4.39 Å². The highest BCUT2D eigenvalue weighted by atomic mass is 19.1. The predicted molar refractivity (Wildman–Crippen MR) is 58.8 cm³/mol. The third kappa shape index (κ3) is 1.41. The number of hydrogen-bond donors (Lipinski definition) is 0. The van der Waals surface area contributed by atoms with Crippen LogP contribution in [0.15, 0.2) is 40.4 Å². The van der Waals surface area contributed by atoms with Gasteiger partial charge < -0.3 is 0 Å². The maximum absolute atomic E-state index is 12.8. The topological polar surface area (TPSA) is 12.4 Å². The quantitative estimate of drug-likeness (QED) is 0.662. The molecule has 1 aromatic rings. The van der Waals surface area contributed by atoms with Gasteiger partial charge in [-0.2, -0.15) is 0 Å². The van der Waals surface area contributed by atoms with Crippen molar-refractivity contribution in [3.05, 3.63) is 46.8 Å². The van der Waals surface area contributed by atoms with Crippen LogP contribution >= 0.6 is 0 Å². The highest BCUT2D eigenvalue weighted by molar-refractivity contribution is 5.85. The molecule has 1 atom stereocenters. The van der Waals surface area contributed by atoms with Crippen LogP contribution in [0.3, 0.4) is 0 Å². The number of benzene rings is 1. The summed E-state index contributed by atoms with van der Waals surface area (Å²) in [6, 6.07) is 6.87. The summed E-state index contributed by atoms with van der Waals surface area (Å²) in [6.45, 7) is 0.882. The number of halogens is 1. The van der Waals surface area contributed by atoms with Gasteiger partial charge in [-0.15, -0.1) is 0 Å². The minimum Gasteiger partial charge on any atom is -0.288 e. The molecule has 0 fully saturated rings. The number of nitrogens with zero attached hydrogens (tertiary/aromatic N) is 1. The van der Waals surface area contributed by atoms with Gasteiger partial charge in [0.1, 0.15) is 5.82 Å². The Hall–Kier alpha value is -1.44. The number of hydrogen-bond acceptors (Lipinski definition) is 1. The summed E-state index contributed by atoms with van der Waals surface area (Å²) in [7, 11) is 0. The van der Waals surface area contributed by atoms with E-state index in [9.17, 15) is 4.39 Å². The van der Waals surface area contributed by atoms with Gasteiger partial charge in [0.15, 0.2) is 0 Å². The molecule has 0 spiro atoms. The fourth-order valence-electron chi connectivity index (χ4n) is 2.51. The molecule has 0 radical (unpaired) electrons. The molecule has 1 aliphatic carbocycles. The molecule has 0 aromatic heterocycles. The first-order valence-electron chi connectivity index (χ1n) is 5.32. The maximum atomic E-state index is 12.8. The zero-order chi connectivity index (χ0) is 10.3. The second kappa shape index (κ2) is 3.30. The van der Waals surface area contributed by atoms with Crippen LogP contribution in [0.1, 0.15) is 24.3 Å². The Morgan fingerprint density at radius 2 is 2.00 bits per heavy atom. The van der Waals surface area contributed by atoms with E-state index in [4.69, 9.17) is 0 Å². The number of rotatable bonds is 1. The first-order chi connectivity index (χ1) is 7.34. The highest BCUT2D eigenvalue weighted by Crippen LogP contribution is 2.40. The molecule has 1 heterocycles. The van der Waals surface area contributed by atoms with Crippen LogP contribution in [0.4, 0.5) is 4.39 Å². The van der Waals surface area contributed by atoms with Crippen LogP contribution in [0.2, 0.25) is 0 Å². The van der Waals surface area contributed by atoms with Crippen molar-refractivity contribution in [2.24, 2.45) is 4.99 Å². The fourth-order valence-corrected chi connectivity index (χ4v) is 2.51. The van der Waals surface area contributed by atoms with Crippen LogP contribution in [0.5, 0.6) is 0 Å². The molecule has 0 saturated carbocycles. The van der Waals surface area contributed by atoms with Crippen LogP contribution in [-0.4, -0.2) is 12.8 Å². The largest absolute Gasteiger partial charge is 0.288 e. The number of allylic oxidation sites excluding steroid dienone is 1. The molecule has 76 valence electrons. The molecule has 0 N–H and O–H groups in total. The van der Waals surface area contributed by atoms with E-state index < -0.39 is 0 Å². The summed E-state index contributed by atoms with van der Waals surface area (Å²) in [5.41, 5.74) is 4.07. The van der Waals surface area contributed by atoms with E-state index >= 15 is 0 Å². The average molecular weight is 201 g/mol. The lowest BCUT2D eigenvalue weighted by atomic mass is 9.93. The minimum atomic E-state index is -0.161. The van der Waals surface area contributed by atoms with Crippen LogP contribution in [-0.2, 0) is 0 Å². The van der Waals surface area contributed by atoms with E-state index in [0.717, 1.165) is 19.4 Å². The Morgan fingerprint density at radius 1 is 1.20 bits per heavy atom. The third-order valence-electron chi connectivity index (χ3n) is 3.30. The second-order valence-corrected chi connectivity index (χ2v) is 4.17. The van der Waals surface area contributed by atoms with Crippen molar-refractivity contribution >= 4 is 6.21 Å². The number of aliphatic imine (C=N–C) groups is 1. The lowest BCUT2D eigenvalue weighted by Gasteiger charge is -2.11. The van der Waals surface area contributed by atoms with Crippen molar-refractivity contribution in [3.63, 3.8) is 0 Å². The van der Waals surface area contributed by atoms with Crippen molar-refractivity contribution in [1.29, 1.82) is 0 Å². The fraction of sp³-hybridized carbons (Fsp3) is 0.308. The third-order valence-corrected chi connectivity index (χ3v) is 3.30. The smallest absolute Gasteiger partial charge is 0.123 e. The Kier molecular flexibility index (Phi) is 1.94. The van der Waals surface area contributed by atoms with E-state index in [1.807, 2.05) is 18.3 Å². The summed E-state index contributed by atoms with van der Waals surface area (Å²) in [4.78, 5) is 4.29. The molecular formula is C13H12FN. The molecule has 1 nitrogen and oxygen atoms in total. The van der Waals surface area contributed by atoms with Gasteiger partial charge in [0.2, 0.25) is 0 Å². The van der Waals surface area contributed by atoms with Gasteiger partial charge in [-0.05, 0) is 41.7 Å². The lowest BCUT2D eigenvalue weighted by molar-refractivity contribution is 0.626. The van der Waals surface area contributed by atoms with E-state index in [1.165, 1.54) is 16.7 Å². The van der Waals surface area contributed by atoms with Crippen molar-refractivity contribution in [3.8, 4) is 0 Å². The minimum absolute atomic E-state index is 0.161. The molecule has 3 rings (SSSR count). The van der Waals surface area contributed by atoms with Crippen molar-refractivity contribution in [1.82, 2.24) is 0 Å². The molecule has 0 bridgehead atoms. The molecular weight excluding hydrogens is 189 g/mol. The van der Waals surface area contributed by atoms with E-state index in [0.29, 0.717) is 5.92 Å². The van der Waals surface area contributed by atoms with E-state index in [1.54, 1.807) is 12.1 Å². The van der Waals surface area contributed by atoms with Gasteiger partial charge in [0.05, 0.1) is 6.54 Å². The summed E-state index contributed by atoms with van der Waals surface area (Å²) >= 11 is 0. The highest BCUT2D eigenvalue weighted by Gasteiger charge is 2.27. The Labute approximate surface area is 88.3 Å². The van der Waals surface area contributed by atoms with E-state index in [2.05, 4.69) is 4.99 Å². The normalized spacial score (nSPS) is 23.7. The zero-order valence-corrected chi connectivity index (χ0v) is 8.41. The summed E-state index contributed by atoms with van der Waals surface area (Å²) in [5, 5.41) is 0. The predicted octanol–water partition coefficient (Wildman–Crippen LogP) is 3.08. The van der Waals surface area contributed by atoms with Crippen LogP contribution < -0.4 is 0 Å². The molecule has 1 aliphatic heterocycles.